The normalized spacial score (nSPS) is 24.4. The second-order valence-corrected chi connectivity index (χ2v) is 2.23. The number of aryl methyl sites for hydroxylation is 1. The molecule has 0 aromatic carbocycles. The van der Waals surface area contributed by atoms with Crippen molar-refractivity contribution in [3.05, 3.63) is 24.0 Å². The molecule has 0 spiro atoms. The van der Waals surface area contributed by atoms with Crippen LogP contribution in [0.3, 0.4) is 0 Å². The lowest BCUT2D eigenvalue weighted by Gasteiger charge is -2.14. The molecule has 0 N–H and O–H groups in total. The van der Waals surface area contributed by atoms with Crippen LogP contribution in [0.15, 0.2) is 18.3 Å². The van der Waals surface area contributed by atoms with Gasteiger partial charge in [0, 0.05) is 7.57 Å². The Morgan fingerprint density at radius 3 is 3.60 bits per heavy atom. The van der Waals surface area contributed by atoms with Crippen molar-refractivity contribution in [2.24, 2.45) is 0 Å². The number of aromatic nitrogens is 1. The molecule has 0 saturated carbocycles. The maximum absolute atomic E-state index is 7.61. The first-order chi connectivity index (χ1) is 5.38. The van der Waals surface area contributed by atoms with Gasteiger partial charge in [-0.2, -0.15) is 0 Å². The molecule has 1 aromatic rings. The van der Waals surface area contributed by atoms with Crippen molar-refractivity contribution in [2.75, 3.05) is 6.61 Å². The third-order valence-electron chi connectivity index (χ3n) is 1.51. The fourth-order valence-electron chi connectivity index (χ4n) is 1.04. The van der Waals surface area contributed by atoms with E-state index in [0.29, 0.717) is 6.61 Å². The average molecular weight is 136 g/mol. The molecule has 1 aromatic heterocycles. The lowest BCUT2D eigenvalue weighted by atomic mass is 10.2. The molecule has 1 aliphatic heterocycles. The summed E-state index contributed by atoms with van der Waals surface area (Å²) >= 11 is 0. The molecule has 0 fully saturated rings. The summed E-state index contributed by atoms with van der Waals surface area (Å²) < 4.78 is 12.9. The van der Waals surface area contributed by atoms with Crippen LogP contribution in [-0.4, -0.2) is 11.6 Å². The SMILES string of the molecule is [2H]C1CCOc2cccnc21. The first-order valence-electron chi connectivity index (χ1n) is 3.95. The molecule has 52 valence electrons. The van der Waals surface area contributed by atoms with Gasteiger partial charge in [-0.1, -0.05) is 0 Å². The number of pyridine rings is 1. The predicted molar refractivity (Wildman–Crippen MR) is 38.1 cm³/mol. The van der Waals surface area contributed by atoms with E-state index in [1.807, 2.05) is 12.1 Å². The van der Waals surface area contributed by atoms with E-state index >= 15 is 0 Å². The Morgan fingerprint density at radius 1 is 1.70 bits per heavy atom. The number of hydrogen-bond acceptors (Lipinski definition) is 2. The van der Waals surface area contributed by atoms with Gasteiger partial charge < -0.3 is 4.74 Å². The Bertz CT molecular complexity index is 264. The molecular weight excluding hydrogens is 126 g/mol. The molecule has 0 radical (unpaired) electrons. The molecule has 1 atom stereocenters. The van der Waals surface area contributed by atoms with Crippen LogP contribution < -0.4 is 4.74 Å². The van der Waals surface area contributed by atoms with Gasteiger partial charge in [0.15, 0.2) is 0 Å². The van der Waals surface area contributed by atoms with Crippen molar-refractivity contribution in [2.45, 2.75) is 12.8 Å². The minimum absolute atomic E-state index is 0.194. The van der Waals surface area contributed by atoms with Crippen LogP contribution in [0.25, 0.3) is 0 Å². The highest BCUT2D eigenvalue weighted by atomic mass is 16.5. The zero-order chi connectivity index (χ0) is 7.68. The zero-order valence-electron chi connectivity index (χ0n) is 6.58. The largest absolute Gasteiger partial charge is 0.492 e. The average Bonchev–Trinajstić information content (AvgIpc) is 2.06. The smallest absolute Gasteiger partial charge is 0.140 e. The second-order valence-electron chi connectivity index (χ2n) is 2.23. The Kier molecular flexibility index (Phi) is 1.08. The molecular formula is C8H9NO. The van der Waals surface area contributed by atoms with Crippen LogP contribution in [0.2, 0.25) is 0 Å². The Balaban J connectivity index is 2.44. The molecule has 0 bridgehead atoms. The van der Waals surface area contributed by atoms with Gasteiger partial charge in [-0.05, 0) is 25.0 Å². The Labute approximate surface area is 61.3 Å². The third-order valence-corrected chi connectivity index (χ3v) is 1.51. The maximum atomic E-state index is 7.61. The van der Waals surface area contributed by atoms with Gasteiger partial charge in [-0.15, -0.1) is 0 Å². The van der Waals surface area contributed by atoms with Gasteiger partial charge in [-0.25, -0.2) is 0 Å². The molecule has 0 saturated heterocycles. The Morgan fingerprint density at radius 2 is 2.70 bits per heavy atom. The lowest BCUT2D eigenvalue weighted by molar-refractivity contribution is 0.285. The summed E-state index contributed by atoms with van der Waals surface area (Å²) in [6, 6.07) is 3.69. The van der Waals surface area contributed by atoms with E-state index in [1.165, 1.54) is 0 Å². The van der Waals surface area contributed by atoms with Crippen molar-refractivity contribution < 1.29 is 6.11 Å². The van der Waals surface area contributed by atoms with E-state index in [9.17, 15) is 0 Å². The highest BCUT2D eigenvalue weighted by Crippen LogP contribution is 2.20. The van der Waals surface area contributed by atoms with Crippen molar-refractivity contribution in [1.82, 2.24) is 4.98 Å². The third kappa shape index (κ3) is 0.856. The van der Waals surface area contributed by atoms with E-state index in [-0.39, 0.29) is 6.40 Å². The van der Waals surface area contributed by atoms with Gasteiger partial charge in [-0.3, -0.25) is 4.98 Å². The maximum Gasteiger partial charge on any atom is 0.140 e. The summed E-state index contributed by atoms with van der Waals surface area (Å²) in [5.74, 6) is 0.777. The van der Waals surface area contributed by atoms with Crippen LogP contribution in [0, 0.1) is 0 Å². The van der Waals surface area contributed by atoms with E-state index in [4.69, 9.17) is 6.11 Å². The molecule has 10 heavy (non-hydrogen) atoms. The Hall–Kier alpha value is -1.05. The summed E-state index contributed by atoms with van der Waals surface area (Å²) in [7, 11) is 0. The molecule has 2 heterocycles. The number of ether oxygens (including phenoxy) is 1. The van der Waals surface area contributed by atoms with E-state index in [1.54, 1.807) is 6.20 Å². The van der Waals surface area contributed by atoms with Gasteiger partial charge in [0.1, 0.15) is 5.75 Å². The molecule has 1 aliphatic rings. The number of hydrogen-bond donors (Lipinski definition) is 0. The van der Waals surface area contributed by atoms with Crippen molar-refractivity contribution >= 4 is 0 Å². The highest BCUT2D eigenvalue weighted by molar-refractivity contribution is 5.28. The summed E-state index contributed by atoms with van der Waals surface area (Å²) in [5, 5.41) is 0. The standard InChI is InChI=1S/C8H9NO/c1-4-8-7(9-5-1)3-2-6-10-8/h1,4-5H,2-3,6H2/i3D. The van der Waals surface area contributed by atoms with Crippen molar-refractivity contribution in [3.8, 4) is 5.75 Å². The molecule has 0 aliphatic carbocycles. The van der Waals surface area contributed by atoms with Gasteiger partial charge in [0.25, 0.3) is 0 Å². The predicted octanol–water partition coefficient (Wildman–Crippen LogP) is 1.41. The molecule has 2 rings (SSSR count). The quantitative estimate of drug-likeness (QED) is 0.538. The fraction of sp³-hybridized carbons (Fsp3) is 0.375. The molecule has 1 unspecified atom stereocenters. The fourth-order valence-corrected chi connectivity index (χ4v) is 1.04. The monoisotopic (exact) mass is 136 g/mol. The van der Waals surface area contributed by atoms with Gasteiger partial charge >= 0.3 is 0 Å². The second kappa shape index (κ2) is 2.29. The summed E-state index contributed by atoms with van der Waals surface area (Å²) in [6.45, 7) is 0.646. The first-order valence-corrected chi connectivity index (χ1v) is 3.38. The highest BCUT2D eigenvalue weighted by Gasteiger charge is 2.08. The minimum Gasteiger partial charge on any atom is -0.492 e. The van der Waals surface area contributed by atoms with E-state index in [2.05, 4.69) is 4.98 Å². The van der Waals surface area contributed by atoms with Crippen molar-refractivity contribution in [3.63, 3.8) is 0 Å². The van der Waals surface area contributed by atoms with E-state index < -0.39 is 0 Å². The van der Waals surface area contributed by atoms with Crippen molar-refractivity contribution in [1.29, 1.82) is 0 Å². The summed E-state index contributed by atoms with van der Waals surface area (Å²) in [6.07, 6.45) is 2.26. The minimum atomic E-state index is -0.194. The topological polar surface area (TPSA) is 22.1 Å². The van der Waals surface area contributed by atoms with Gasteiger partial charge in [0.2, 0.25) is 0 Å². The van der Waals surface area contributed by atoms with E-state index in [0.717, 1.165) is 17.9 Å². The number of fused-ring (bicyclic) bond motifs is 1. The zero-order valence-corrected chi connectivity index (χ0v) is 5.58. The summed E-state index contributed by atoms with van der Waals surface area (Å²) in [5.41, 5.74) is 0.777. The summed E-state index contributed by atoms with van der Waals surface area (Å²) in [4.78, 5) is 4.09. The molecule has 2 heteroatoms. The van der Waals surface area contributed by atoms with Crippen LogP contribution in [-0.2, 0) is 6.40 Å². The van der Waals surface area contributed by atoms with Gasteiger partial charge in [0.05, 0.1) is 12.3 Å². The van der Waals surface area contributed by atoms with Crippen LogP contribution in [0.4, 0.5) is 0 Å². The number of rotatable bonds is 0. The number of nitrogens with zero attached hydrogens (tertiary/aromatic N) is 1. The lowest BCUT2D eigenvalue weighted by Crippen LogP contribution is -2.09. The molecule has 2 nitrogen and oxygen atoms in total. The van der Waals surface area contributed by atoms with Crippen LogP contribution in [0.5, 0.6) is 5.75 Å². The first kappa shape index (κ1) is 4.72. The van der Waals surface area contributed by atoms with Crippen LogP contribution in [0.1, 0.15) is 13.5 Å². The molecule has 0 amide bonds. The van der Waals surface area contributed by atoms with Crippen LogP contribution >= 0.6 is 0 Å².